The number of hydrogen-bond acceptors (Lipinski definition) is 3. The Kier molecular flexibility index (Phi) is 4.31. The van der Waals surface area contributed by atoms with Crippen molar-refractivity contribution in [1.82, 2.24) is 14.9 Å². The van der Waals surface area contributed by atoms with Gasteiger partial charge in [0.05, 0.1) is 6.33 Å². The number of hydrogen-bond donors (Lipinski definition) is 1. The molecule has 94 valence electrons. The van der Waals surface area contributed by atoms with Crippen molar-refractivity contribution in [2.24, 2.45) is 5.92 Å². The van der Waals surface area contributed by atoms with E-state index in [0.29, 0.717) is 12.0 Å². The number of nitrogens with zero attached hydrogens (tertiary/aromatic N) is 2. The maximum Gasteiger partial charge on any atom is 0.253 e. The molecule has 4 heteroatoms. The van der Waals surface area contributed by atoms with Crippen LogP contribution < -0.4 is 10.9 Å². The highest BCUT2D eigenvalue weighted by Crippen LogP contribution is 2.26. The van der Waals surface area contributed by atoms with E-state index in [9.17, 15) is 4.79 Å². The Morgan fingerprint density at radius 3 is 2.88 bits per heavy atom. The third-order valence-corrected chi connectivity index (χ3v) is 3.78. The molecule has 1 heterocycles. The van der Waals surface area contributed by atoms with Gasteiger partial charge >= 0.3 is 0 Å². The van der Waals surface area contributed by atoms with Gasteiger partial charge in [0.25, 0.3) is 5.56 Å². The molecule has 0 aromatic carbocycles. The maximum absolute atomic E-state index is 11.6. The third kappa shape index (κ3) is 3.16. The molecule has 0 bridgehead atoms. The van der Waals surface area contributed by atoms with Gasteiger partial charge in [0, 0.05) is 24.8 Å². The minimum Gasteiger partial charge on any atom is -0.315 e. The van der Waals surface area contributed by atoms with Crippen molar-refractivity contribution >= 4 is 0 Å². The van der Waals surface area contributed by atoms with Crippen LogP contribution in [0.25, 0.3) is 0 Å². The number of rotatable bonds is 4. The summed E-state index contributed by atoms with van der Waals surface area (Å²) in [4.78, 5) is 15.7. The Morgan fingerprint density at radius 1 is 1.47 bits per heavy atom. The van der Waals surface area contributed by atoms with Crippen molar-refractivity contribution in [1.29, 1.82) is 0 Å². The summed E-state index contributed by atoms with van der Waals surface area (Å²) in [5.41, 5.74) is 0.0380. The molecule has 4 nitrogen and oxygen atoms in total. The lowest BCUT2D eigenvalue weighted by Crippen LogP contribution is -2.40. The van der Waals surface area contributed by atoms with Gasteiger partial charge in [-0.05, 0) is 25.8 Å². The molecule has 0 aliphatic heterocycles. The first-order chi connectivity index (χ1) is 8.31. The van der Waals surface area contributed by atoms with E-state index in [2.05, 4.69) is 10.3 Å². The van der Waals surface area contributed by atoms with Gasteiger partial charge < -0.3 is 5.32 Å². The highest BCUT2D eigenvalue weighted by molar-refractivity contribution is 4.85. The van der Waals surface area contributed by atoms with Crippen molar-refractivity contribution in [3.05, 3.63) is 28.9 Å². The van der Waals surface area contributed by atoms with E-state index in [1.54, 1.807) is 17.1 Å². The third-order valence-electron chi connectivity index (χ3n) is 3.78. The molecular weight excluding hydrogens is 214 g/mol. The highest BCUT2D eigenvalue weighted by atomic mass is 16.1. The Balaban J connectivity index is 2.04. The van der Waals surface area contributed by atoms with Gasteiger partial charge in [-0.15, -0.1) is 0 Å². The van der Waals surface area contributed by atoms with Crippen LogP contribution in [0.15, 0.2) is 23.4 Å². The quantitative estimate of drug-likeness (QED) is 0.858. The monoisotopic (exact) mass is 235 g/mol. The zero-order valence-electron chi connectivity index (χ0n) is 10.4. The molecule has 1 aromatic heterocycles. The Morgan fingerprint density at radius 2 is 2.24 bits per heavy atom. The van der Waals surface area contributed by atoms with E-state index in [4.69, 9.17) is 0 Å². The van der Waals surface area contributed by atoms with Crippen LogP contribution in [-0.4, -0.2) is 22.6 Å². The zero-order chi connectivity index (χ0) is 12.1. The smallest absolute Gasteiger partial charge is 0.253 e. The topological polar surface area (TPSA) is 46.9 Å². The van der Waals surface area contributed by atoms with Crippen LogP contribution in [-0.2, 0) is 6.54 Å². The zero-order valence-corrected chi connectivity index (χ0v) is 10.4. The normalized spacial score (nSPS) is 19.1. The SMILES string of the molecule is CNC(Cn1cnccc1=O)C1CCCCC1. The number of nitrogens with one attached hydrogen (secondary N) is 1. The lowest BCUT2D eigenvalue weighted by Gasteiger charge is -2.30. The lowest BCUT2D eigenvalue weighted by atomic mass is 9.84. The minimum absolute atomic E-state index is 0.0380. The molecule has 1 fully saturated rings. The minimum atomic E-state index is 0.0380. The molecule has 1 unspecified atom stereocenters. The summed E-state index contributed by atoms with van der Waals surface area (Å²) in [5, 5.41) is 3.36. The van der Waals surface area contributed by atoms with Gasteiger partial charge in [-0.25, -0.2) is 4.98 Å². The van der Waals surface area contributed by atoms with Gasteiger partial charge in [0.15, 0.2) is 0 Å². The molecule has 1 atom stereocenters. The molecule has 0 saturated heterocycles. The summed E-state index contributed by atoms with van der Waals surface area (Å²) in [7, 11) is 1.99. The Bertz CT molecular complexity index is 396. The summed E-state index contributed by atoms with van der Waals surface area (Å²) in [6, 6.07) is 1.91. The van der Waals surface area contributed by atoms with Crippen LogP contribution in [0.4, 0.5) is 0 Å². The fraction of sp³-hybridized carbons (Fsp3) is 0.692. The van der Waals surface area contributed by atoms with Crippen LogP contribution >= 0.6 is 0 Å². The van der Waals surface area contributed by atoms with Crippen molar-refractivity contribution in [2.75, 3.05) is 7.05 Å². The van der Waals surface area contributed by atoms with Gasteiger partial charge in [0.2, 0.25) is 0 Å². The molecule has 1 aromatic rings. The van der Waals surface area contributed by atoms with Crippen molar-refractivity contribution < 1.29 is 0 Å². The van der Waals surface area contributed by atoms with Crippen LogP contribution in [0, 0.1) is 5.92 Å². The van der Waals surface area contributed by atoms with Crippen LogP contribution in [0.2, 0.25) is 0 Å². The van der Waals surface area contributed by atoms with Crippen molar-refractivity contribution in [2.45, 2.75) is 44.7 Å². The molecule has 17 heavy (non-hydrogen) atoms. The van der Waals surface area contributed by atoms with Crippen molar-refractivity contribution in [3.63, 3.8) is 0 Å². The summed E-state index contributed by atoms with van der Waals surface area (Å²) in [6.45, 7) is 0.730. The Labute approximate surface area is 102 Å². The van der Waals surface area contributed by atoms with Crippen LogP contribution in [0.1, 0.15) is 32.1 Å². The maximum atomic E-state index is 11.6. The molecule has 0 spiro atoms. The fourth-order valence-corrected chi connectivity index (χ4v) is 2.74. The van der Waals surface area contributed by atoms with Gasteiger partial charge in [-0.3, -0.25) is 9.36 Å². The van der Waals surface area contributed by atoms with E-state index in [-0.39, 0.29) is 5.56 Å². The van der Waals surface area contributed by atoms with E-state index in [1.807, 2.05) is 7.05 Å². The standard InChI is InChI=1S/C13H21N3O/c1-14-12(11-5-3-2-4-6-11)9-16-10-15-8-7-13(16)17/h7-8,10-12,14H,2-6,9H2,1H3. The molecule has 1 aliphatic rings. The second-order valence-corrected chi connectivity index (χ2v) is 4.86. The first-order valence-electron chi connectivity index (χ1n) is 6.49. The van der Waals surface area contributed by atoms with Gasteiger partial charge in [-0.1, -0.05) is 19.3 Å². The van der Waals surface area contributed by atoms with Crippen LogP contribution in [0.5, 0.6) is 0 Å². The second-order valence-electron chi connectivity index (χ2n) is 4.86. The average molecular weight is 235 g/mol. The largest absolute Gasteiger partial charge is 0.315 e. The molecular formula is C13H21N3O. The van der Waals surface area contributed by atoms with E-state index >= 15 is 0 Å². The molecule has 1 N–H and O–H groups in total. The summed E-state index contributed by atoms with van der Waals surface area (Å²) in [6.07, 6.45) is 9.75. The molecule has 0 amide bonds. The molecule has 0 radical (unpaired) electrons. The molecule has 2 rings (SSSR count). The predicted molar refractivity (Wildman–Crippen MR) is 67.9 cm³/mol. The number of aromatic nitrogens is 2. The summed E-state index contributed by atoms with van der Waals surface area (Å²) >= 11 is 0. The Hall–Kier alpha value is -1.16. The summed E-state index contributed by atoms with van der Waals surface area (Å²) < 4.78 is 1.70. The highest BCUT2D eigenvalue weighted by Gasteiger charge is 2.22. The van der Waals surface area contributed by atoms with Crippen LogP contribution in [0.3, 0.4) is 0 Å². The molecule has 1 saturated carbocycles. The van der Waals surface area contributed by atoms with Crippen molar-refractivity contribution in [3.8, 4) is 0 Å². The second kappa shape index (κ2) is 5.96. The first-order valence-corrected chi connectivity index (χ1v) is 6.49. The van der Waals surface area contributed by atoms with E-state index in [1.165, 1.54) is 38.2 Å². The van der Waals surface area contributed by atoms with E-state index < -0.39 is 0 Å². The van der Waals surface area contributed by atoms with Gasteiger partial charge in [-0.2, -0.15) is 0 Å². The van der Waals surface area contributed by atoms with E-state index in [0.717, 1.165) is 6.54 Å². The first kappa shape index (κ1) is 12.3. The predicted octanol–water partition coefficient (Wildman–Crippen LogP) is 1.41. The molecule has 1 aliphatic carbocycles. The number of likely N-dealkylation sites (N-methyl/N-ethyl adjacent to an activating group) is 1. The fourth-order valence-electron chi connectivity index (χ4n) is 2.74. The average Bonchev–Trinajstić information content (AvgIpc) is 2.39. The summed E-state index contributed by atoms with van der Waals surface area (Å²) in [5.74, 6) is 0.695. The van der Waals surface area contributed by atoms with Gasteiger partial charge in [0.1, 0.15) is 0 Å². The lowest BCUT2D eigenvalue weighted by molar-refractivity contribution is 0.255.